The number of carbonyl (C=O) groups is 1. The summed E-state index contributed by atoms with van der Waals surface area (Å²) in [6.45, 7) is 8.50. The van der Waals surface area contributed by atoms with Gasteiger partial charge in [-0.15, -0.1) is 0 Å². The molecule has 0 unspecified atom stereocenters. The molecule has 0 saturated carbocycles. The monoisotopic (exact) mass is 436 g/mol. The highest BCUT2D eigenvalue weighted by Gasteiger charge is 2.09. The second-order valence-electron chi connectivity index (χ2n) is 8.63. The van der Waals surface area contributed by atoms with E-state index in [1.807, 2.05) is 19.1 Å². The summed E-state index contributed by atoms with van der Waals surface area (Å²) in [5, 5.41) is 0. The fraction of sp³-hybridized carbons (Fsp3) is 0.500. The van der Waals surface area contributed by atoms with Gasteiger partial charge in [0.05, 0.1) is 0 Å². The predicted octanol–water partition coefficient (Wildman–Crippen LogP) is 9.17. The Labute approximate surface area is 197 Å². The van der Waals surface area contributed by atoms with Gasteiger partial charge in [-0.25, -0.2) is 0 Å². The number of rotatable bonds is 16. The Morgan fingerprint density at radius 1 is 0.844 bits per heavy atom. The van der Waals surface area contributed by atoms with Gasteiger partial charge in [-0.2, -0.15) is 0 Å². The van der Waals surface area contributed by atoms with E-state index in [0.717, 1.165) is 37.7 Å². The largest absolute Gasteiger partial charge is 0.426 e. The third-order valence-corrected chi connectivity index (χ3v) is 5.31. The van der Waals surface area contributed by atoms with Crippen LogP contribution in [-0.4, -0.2) is 5.97 Å². The van der Waals surface area contributed by atoms with Gasteiger partial charge in [0.2, 0.25) is 0 Å². The number of allylic oxidation sites excluding steroid dienone is 8. The van der Waals surface area contributed by atoms with Crippen LogP contribution in [0.25, 0.3) is 0 Å². The second kappa shape index (κ2) is 18.2. The van der Waals surface area contributed by atoms with Crippen LogP contribution >= 0.6 is 0 Å². The fourth-order valence-electron chi connectivity index (χ4n) is 3.18. The lowest BCUT2D eigenvalue weighted by Crippen LogP contribution is -2.08. The van der Waals surface area contributed by atoms with E-state index >= 15 is 0 Å². The standard InChI is InChI=1S/C30H44O2/c1-5-6-7-8-9-10-11-12-13-14-15-16-17-18-19-20-21-22-30(31)32-29-25-28(26(2)3)24-23-27(29)4/h9-10,12-13,15-16,18-19,23-26H,5-8,11,14,17,20-22H2,1-4H3. The summed E-state index contributed by atoms with van der Waals surface area (Å²) in [5.74, 6) is 0.967. The molecule has 0 bridgehead atoms. The number of hydrogen-bond donors (Lipinski definition) is 0. The fourth-order valence-corrected chi connectivity index (χ4v) is 3.18. The molecule has 1 aromatic rings. The van der Waals surface area contributed by atoms with E-state index in [-0.39, 0.29) is 5.97 Å². The van der Waals surface area contributed by atoms with Crippen LogP contribution in [0.5, 0.6) is 5.75 Å². The van der Waals surface area contributed by atoms with Crippen LogP contribution in [0.4, 0.5) is 0 Å². The molecule has 0 atom stereocenters. The van der Waals surface area contributed by atoms with Crippen molar-refractivity contribution in [1.82, 2.24) is 0 Å². The maximum atomic E-state index is 12.1. The molecule has 0 heterocycles. The summed E-state index contributed by atoms with van der Waals surface area (Å²) in [7, 11) is 0. The van der Waals surface area contributed by atoms with Crippen LogP contribution in [0.2, 0.25) is 0 Å². The van der Waals surface area contributed by atoms with Crippen molar-refractivity contribution in [2.75, 3.05) is 0 Å². The zero-order valence-corrected chi connectivity index (χ0v) is 20.8. The molecule has 0 aliphatic heterocycles. The predicted molar refractivity (Wildman–Crippen MR) is 139 cm³/mol. The normalized spacial score (nSPS) is 12.3. The third kappa shape index (κ3) is 13.9. The average Bonchev–Trinajstić information content (AvgIpc) is 2.77. The highest BCUT2D eigenvalue weighted by molar-refractivity contribution is 5.72. The Kier molecular flexibility index (Phi) is 15.8. The number of benzene rings is 1. The van der Waals surface area contributed by atoms with Gasteiger partial charge in [0.1, 0.15) is 5.75 Å². The number of carbonyl (C=O) groups excluding carboxylic acids is 1. The van der Waals surface area contributed by atoms with Crippen molar-refractivity contribution >= 4 is 5.97 Å². The minimum absolute atomic E-state index is 0.148. The van der Waals surface area contributed by atoms with Gasteiger partial charge in [-0.3, -0.25) is 4.79 Å². The first-order valence-electron chi connectivity index (χ1n) is 12.5. The van der Waals surface area contributed by atoms with Crippen LogP contribution in [0.3, 0.4) is 0 Å². The van der Waals surface area contributed by atoms with E-state index in [0.29, 0.717) is 18.1 Å². The first kappa shape index (κ1) is 27.7. The van der Waals surface area contributed by atoms with Crippen LogP contribution in [0.15, 0.2) is 66.8 Å². The molecule has 0 N–H and O–H groups in total. The van der Waals surface area contributed by atoms with E-state index in [1.165, 1.54) is 31.2 Å². The molecule has 0 radical (unpaired) electrons. The number of unbranched alkanes of at least 4 members (excludes halogenated alkanes) is 4. The zero-order valence-electron chi connectivity index (χ0n) is 20.8. The lowest BCUT2D eigenvalue weighted by molar-refractivity contribution is -0.134. The summed E-state index contributed by atoms with van der Waals surface area (Å²) in [6.07, 6.45) is 28.0. The Morgan fingerprint density at radius 3 is 1.97 bits per heavy atom. The summed E-state index contributed by atoms with van der Waals surface area (Å²) >= 11 is 0. The average molecular weight is 437 g/mol. The molecule has 0 aliphatic carbocycles. The lowest BCUT2D eigenvalue weighted by Gasteiger charge is -2.11. The van der Waals surface area contributed by atoms with Crippen LogP contribution < -0.4 is 4.74 Å². The molecule has 0 aromatic heterocycles. The highest BCUT2D eigenvalue weighted by atomic mass is 16.5. The third-order valence-electron chi connectivity index (χ3n) is 5.31. The molecular formula is C30H44O2. The van der Waals surface area contributed by atoms with Crippen LogP contribution in [0.1, 0.15) is 102 Å². The van der Waals surface area contributed by atoms with Crippen LogP contribution in [0, 0.1) is 6.92 Å². The molecule has 2 nitrogen and oxygen atoms in total. The van der Waals surface area contributed by atoms with Gasteiger partial charge in [-0.05, 0) is 75.0 Å². The molecule has 2 heteroatoms. The number of esters is 1. The smallest absolute Gasteiger partial charge is 0.311 e. The van der Waals surface area contributed by atoms with E-state index in [9.17, 15) is 4.79 Å². The van der Waals surface area contributed by atoms with Crippen molar-refractivity contribution in [1.29, 1.82) is 0 Å². The first-order valence-corrected chi connectivity index (χ1v) is 12.5. The molecule has 32 heavy (non-hydrogen) atoms. The molecule has 1 aromatic carbocycles. The van der Waals surface area contributed by atoms with E-state index in [2.05, 4.69) is 75.4 Å². The maximum Gasteiger partial charge on any atom is 0.311 e. The Bertz CT molecular complexity index is 750. The van der Waals surface area contributed by atoms with Crippen molar-refractivity contribution in [3.63, 3.8) is 0 Å². The second-order valence-corrected chi connectivity index (χ2v) is 8.63. The van der Waals surface area contributed by atoms with Gasteiger partial charge in [0.15, 0.2) is 0 Å². The molecule has 0 aliphatic rings. The van der Waals surface area contributed by atoms with Crippen molar-refractivity contribution < 1.29 is 9.53 Å². The summed E-state index contributed by atoms with van der Waals surface area (Å²) in [5.41, 5.74) is 2.20. The van der Waals surface area contributed by atoms with Crippen molar-refractivity contribution in [3.05, 3.63) is 77.9 Å². The summed E-state index contributed by atoms with van der Waals surface area (Å²) < 4.78 is 5.58. The maximum absolute atomic E-state index is 12.1. The highest BCUT2D eigenvalue weighted by Crippen LogP contribution is 2.24. The van der Waals surface area contributed by atoms with Crippen molar-refractivity contribution in [2.45, 2.75) is 97.8 Å². The molecule has 0 saturated heterocycles. The van der Waals surface area contributed by atoms with Crippen molar-refractivity contribution in [2.24, 2.45) is 0 Å². The number of hydrogen-bond acceptors (Lipinski definition) is 2. The number of ether oxygens (including phenoxy) is 1. The summed E-state index contributed by atoms with van der Waals surface area (Å²) in [6, 6.07) is 6.11. The van der Waals surface area contributed by atoms with Gasteiger partial charge in [0.25, 0.3) is 0 Å². The van der Waals surface area contributed by atoms with Crippen molar-refractivity contribution in [3.8, 4) is 5.75 Å². The zero-order chi connectivity index (χ0) is 23.4. The Morgan fingerprint density at radius 2 is 1.41 bits per heavy atom. The van der Waals surface area contributed by atoms with E-state index in [1.54, 1.807) is 0 Å². The molecule has 0 fully saturated rings. The van der Waals surface area contributed by atoms with Gasteiger partial charge in [-0.1, -0.05) is 94.4 Å². The molecule has 1 rings (SSSR count). The minimum Gasteiger partial charge on any atom is -0.426 e. The van der Waals surface area contributed by atoms with Gasteiger partial charge >= 0.3 is 5.97 Å². The minimum atomic E-state index is -0.148. The lowest BCUT2D eigenvalue weighted by atomic mass is 10.0. The number of aryl methyl sites for hydroxylation is 1. The Hall–Kier alpha value is -2.35. The summed E-state index contributed by atoms with van der Waals surface area (Å²) in [4.78, 5) is 12.1. The topological polar surface area (TPSA) is 26.3 Å². The quantitative estimate of drug-likeness (QED) is 0.112. The molecule has 176 valence electrons. The van der Waals surface area contributed by atoms with E-state index in [4.69, 9.17) is 4.74 Å². The molecule has 0 spiro atoms. The first-order chi connectivity index (χ1) is 15.5. The Balaban J connectivity index is 2.11. The SMILES string of the molecule is CCCCCC=CCC=CCC=CCC=CCCCC(=O)Oc1cc(C(C)C)ccc1C. The van der Waals surface area contributed by atoms with Gasteiger partial charge < -0.3 is 4.74 Å². The van der Waals surface area contributed by atoms with E-state index < -0.39 is 0 Å². The molecular weight excluding hydrogens is 392 g/mol. The molecule has 0 amide bonds. The van der Waals surface area contributed by atoms with Gasteiger partial charge in [0, 0.05) is 6.42 Å². The van der Waals surface area contributed by atoms with Crippen LogP contribution in [-0.2, 0) is 4.79 Å².